The third-order valence-electron chi connectivity index (χ3n) is 4.61. The Kier molecular flexibility index (Phi) is 4.83. The molecule has 1 amide bonds. The summed E-state index contributed by atoms with van der Waals surface area (Å²) in [5.41, 5.74) is 2.55. The van der Waals surface area contributed by atoms with Gasteiger partial charge < -0.3 is 9.88 Å². The van der Waals surface area contributed by atoms with Gasteiger partial charge >= 0.3 is 0 Å². The van der Waals surface area contributed by atoms with Gasteiger partial charge in [-0.1, -0.05) is 42.8 Å². The molecule has 1 aromatic carbocycles. The number of nitrogens with one attached hydrogen (secondary N) is 1. The maximum absolute atomic E-state index is 12.3. The summed E-state index contributed by atoms with van der Waals surface area (Å²) in [4.78, 5) is 22.1. The van der Waals surface area contributed by atoms with Crippen molar-refractivity contribution in [3.63, 3.8) is 0 Å². The average molecular weight is 355 g/mol. The van der Waals surface area contributed by atoms with Gasteiger partial charge in [0.25, 0.3) is 0 Å². The topological polar surface area (TPSA) is 74.8 Å². The summed E-state index contributed by atoms with van der Waals surface area (Å²) in [6.07, 6.45) is 5.26. The van der Waals surface area contributed by atoms with Crippen LogP contribution in [-0.2, 0) is 4.79 Å². The third kappa shape index (κ3) is 3.61. The number of rotatable bonds is 4. The number of aromatic amines is 1. The zero-order chi connectivity index (χ0) is 17.1. The molecule has 1 N–H and O–H groups in total. The quantitative estimate of drug-likeness (QED) is 0.726. The van der Waals surface area contributed by atoms with E-state index in [4.69, 9.17) is 0 Å². The van der Waals surface area contributed by atoms with E-state index in [1.165, 1.54) is 24.6 Å². The first-order valence-corrected chi connectivity index (χ1v) is 9.81. The molecule has 0 bridgehead atoms. The van der Waals surface area contributed by atoms with E-state index in [2.05, 4.69) is 20.2 Å². The SMILES string of the molecule is O=C(CCSc1nnc2c(n1)[nH]c1ccccc12)N1CCCCCC1. The molecule has 6 nitrogen and oxygen atoms in total. The minimum absolute atomic E-state index is 0.244. The van der Waals surface area contributed by atoms with Crippen LogP contribution in [0.25, 0.3) is 22.1 Å². The Morgan fingerprint density at radius 3 is 2.76 bits per heavy atom. The molecule has 4 rings (SSSR count). The molecular formula is C18H21N5OS. The predicted octanol–water partition coefficient (Wildman–Crippen LogP) is 3.39. The molecule has 0 aliphatic carbocycles. The van der Waals surface area contributed by atoms with Crippen molar-refractivity contribution in [1.29, 1.82) is 0 Å². The molecule has 25 heavy (non-hydrogen) atoms. The molecule has 1 aliphatic heterocycles. The molecular weight excluding hydrogens is 334 g/mol. The van der Waals surface area contributed by atoms with Crippen LogP contribution in [0.15, 0.2) is 29.4 Å². The van der Waals surface area contributed by atoms with Crippen molar-refractivity contribution in [2.75, 3.05) is 18.8 Å². The number of fused-ring (bicyclic) bond motifs is 3. The van der Waals surface area contributed by atoms with Crippen LogP contribution in [0.3, 0.4) is 0 Å². The first-order chi connectivity index (χ1) is 12.3. The van der Waals surface area contributed by atoms with Gasteiger partial charge in [0.2, 0.25) is 11.1 Å². The van der Waals surface area contributed by atoms with Gasteiger partial charge in [-0.15, -0.1) is 10.2 Å². The van der Waals surface area contributed by atoms with E-state index in [9.17, 15) is 4.79 Å². The fourth-order valence-corrected chi connectivity index (χ4v) is 3.99. The first-order valence-electron chi connectivity index (χ1n) is 8.83. The molecule has 130 valence electrons. The molecule has 7 heteroatoms. The van der Waals surface area contributed by atoms with Gasteiger partial charge in [0.05, 0.1) is 0 Å². The smallest absolute Gasteiger partial charge is 0.223 e. The van der Waals surface area contributed by atoms with Crippen LogP contribution in [0.1, 0.15) is 32.1 Å². The van der Waals surface area contributed by atoms with Gasteiger partial charge in [0.1, 0.15) is 5.52 Å². The summed E-state index contributed by atoms with van der Waals surface area (Å²) >= 11 is 1.49. The van der Waals surface area contributed by atoms with Crippen LogP contribution in [0.2, 0.25) is 0 Å². The molecule has 0 unspecified atom stereocenters. The van der Waals surface area contributed by atoms with Crippen molar-refractivity contribution in [3.8, 4) is 0 Å². The number of carbonyl (C=O) groups is 1. The number of likely N-dealkylation sites (tertiary alicyclic amines) is 1. The van der Waals surface area contributed by atoms with E-state index >= 15 is 0 Å². The Morgan fingerprint density at radius 2 is 1.92 bits per heavy atom. The number of nitrogens with zero attached hydrogens (tertiary/aromatic N) is 4. The van der Waals surface area contributed by atoms with Crippen molar-refractivity contribution in [2.45, 2.75) is 37.3 Å². The van der Waals surface area contributed by atoms with Crippen LogP contribution >= 0.6 is 11.8 Å². The summed E-state index contributed by atoms with van der Waals surface area (Å²) in [5.74, 6) is 0.928. The molecule has 2 aromatic heterocycles. The highest BCUT2D eigenvalue weighted by Crippen LogP contribution is 2.23. The Bertz CT molecular complexity index is 885. The maximum atomic E-state index is 12.3. The molecule has 3 aromatic rings. The molecule has 0 saturated carbocycles. The highest BCUT2D eigenvalue weighted by Gasteiger charge is 2.15. The molecule has 0 atom stereocenters. The summed E-state index contributed by atoms with van der Waals surface area (Å²) < 4.78 is 0. The number of hydrogen-bond acceptors (Lipinski definition) is 5. The zero-order valence-corrected chi connectivity index (χ0v) is 14.9. The van der Waals surface area contributed by atoms with Gasteiger partial charge in [0.15, 0.2) is 5.65 Å². The maximum Gasteiger partial charge on any atom is 0.223 e. The summed E-state index contributed by atoms with van der Waals surface area (Å²) in [7, 11) is 0. The number of thioether (sulfide) groups is 1. The summed E-state index contributed by atoms with van der Waals surface area (Å²) in [6, 6.07) is 7.98. The molecule has 0 spiro atoms. The van der Waals surface area contributed by atoms with Crippen molar-refractivity contribution in [1.82, 2.24) is 25.1 Å². The second-order valence-corrected chi connectivity index (χ2v) is 7.42. The lowest BCUT2D eigenvalue weighted by atomic mass is 10.2. The predicted molar refractivity (Wildman–Crippen MR) is 99.6 cm³/mol. The van der Waals surface area contributed by atoms with Crippen LogP contribution in [0.5, 0.6) is 0 Å². The Hall–Kier alpha value is -2.15. The van der Waals surface area contributed by atoms with Crippen molar-refractivity contribution in [2.24, 2.45) is 0 Å². The zero-order valence-electron chi connectivity index (χ0n) is 14.1. The number of benzene rings is 1. The van der Waals surface area contributed by atoms with Crippen molar-refractivity contribution in [3.05, 3.63) is 24.3 Å². The first kappa shape index (κ1) is 16.3. The van der Waals surface area contributed by atoms with Gasteiger partial charge in [0, 0.05) is 36.2 Å². The monoisotopic (exact) mass is 355 g/mol. The number of aromatic nitrogens is 4. The summed E-state index contributed by atoms with van der Waals surface area (Å²) in [5, 5.41) is 10.2. The van der Waals surface area contributed by atoms with Crippen LogP contribution in [0, 0.1) is 0 Å². The molecule has 0 radical (unpaired) electrons. The lowest BCUT2D eigenvalue weighted by molar-refractivity contribution is -0.130. The lowest BCUT2D eigenvalue weighted by Gasteiger charge is -2.19. The second kappa shape index (κ2) is 7.39. The Morgan fingerprint density at radius 1 is 1.12 bits per heavy atom. The Labute approximate surface area is 150 Å². The van der Waals surface area contributed by atoms with E-state index in [0.29, 0.717) is 17.3 Å². The number of para-hydroxylation sites is 1. The fraction of sp³-hybridized carbons (Fsp3) is 0.444. The van der Waals surface area contributed by atoms with E-state index in [-0.39, 0.29) is 5.91 Å². The van der Waals surface area contributed by atoms with Gasteiger partial charge in [-0.25, -0.2) is 4.98 Å². The Balaban J connectivity index is 1.39. The fourth-order valence-electron chi connectivity index (χ4n) is 3.27. The highest BCUT2D eigenvalue weighted by atomic mass is 32.2. The van der Waals surface area contributed by atoms with E-state index in [0.717, 1.165) is 48.0 Å². The van der Waals surface area contributed by atoms with Crippen LogP contribution < -0.4 is 0 Å². The highest BCUT2D eigenvalue weighted by molar-refractivity contribution is 7.99. The van der Waals surface area contributed by atoms with Gasteiger partial charge in [-0.3, -0.25) is 4.79 Å². The summed E-state index contributed by atoms with van der Waals surface area (Å²) in [6.45, 7) is 1.81. The largest absolute Gasteiger partial charge is 0.343 e. The van der Waals surface area contributed by atoms with Gasteiger partial charge in [-0.05, 0) is 18.9 Å². The van der Waals surface area contributed by atoms with Crippen molar-refractivity contribution < 1.29 is 4.79 Å². The standard InChI is InChI=1S/C18H21N5OS/c24-15(23-10-5-1-2-6-11-23)9-12-25-18-20-17-16(21-22-18)13-7-3-4-8-14(13)19-17/h3-4,7-8H,1-2,5-6,9-12H2,(H,19,20,22). The number of H-pyrrole nitrogens is 1. The van der Waals surface area contributed by atoms with E-state index in [1.54, 1.807) is 0 Å². The third-order valence-corrected chi connectivity index (χ3v) is 5.45. The minimum atomic E-state index is 0.244. The molecule has 1 saturated heterocycles. The lowest BCUT2D eigenvalue weighted by Crippen LogP contribution is -2.31. The number of carbonyl (C=O) groups excluding carboxylic acids is 1. The van der Waals surface area contributed by atoms with Gasteiger partial charge in [-0.2, -0.15) is 0 Å². The average Bonchev–Trinajstić information content (AvgIpc) is 2.80. The minimum Gasteiger partial charge on any atom is -0.343 e. The molecule has 1 fully saturated rings. The van der Waals surface area contributed by atoms with Crippen LogP contribution in [0.4, 0.5) is 0 Å². The van der Waals surface area contributed by atoms with E-state index < -0.39 is 0 Å². The van der Waals surface area contributed by atoms with Crippen LogP contribution in [-0.4, -0.2) is 49.8 Å². The number of hydrogen-bond donors (Lipinski definition) is 1. The van der Waals surface area contributed by atoms with E-state index in [1.807, 2.05) is 29.2 Å². The normalized spacial score (nSPS) is 15.6. The second-order valence-electron chi connectivity index (χ2n) is 6.36. The molecule has 3 heterocycles. The number of amides is 1. The molecule has 1 aliphatic rings. The van der Waals surface area contributed by atoms with Crippen molar-refractivity contribution >= 4 is 39.7 Å².